The molecule has 144 valence electrons. The first kappa shape index (κ1) is 18.3. The lowest BCUT2D eigenvalue weighted by molar-refractivity contribution is 0.472. The number of hydrogen-bond donors (Lipinski definition) is 1. The number of hydrogen-bond acceptors (Lipinski definition) is 3. The minimum atomic E-state index is -0.471. The van der Waals surface area contributed by atoms with Crippen molar-refractivity contribution >= 4 is 17.3 Å². The number of guanidine groups is 1. The van der Waals surface area contributed by atoms with Gasteiger partial charge in [0.2, 0.25) is 0 Å². The van der Waals surface area contributed by atoms with E-state index >= 15 is 0 Å². The van der Waals surface area contributed by atoms with Gasteiger partial charge in [0.1, 0.15) is 16.6 Å². The topological polar surface area (TPSA) is 40.5 Å². The molecule has 4 rings (SSSR count). The van der Waals surface area contributed by atoms with E-state index in [0.29, 0.717) is 13.0 Å². The van der Waals surface area contributed by atoms with E-state index in [-0.39, 0.29) is 17.5 Å². The number of nitrogens with zero attached hydrogens (tertiary/aromatic N) is 3. The van der Waals surface area contributed by atoms with E-state index in [0.717, 1.165) is 23.8 Å². The third kappa shape index (κ3) is 3.83. The summed E-state index contributed by atoms with van der Waals surface area (Å²) in [6.07, 6.45) is 5.41. The third-order valence-electron chi connectivity index (χ3n) is 5.31. The molecule has 1 aromatic heterocycles. The Morgan fingerprint density at radius 1 is 1.30 bits per heavy atom. The van der Waals surface area contributed by atoms with Crippen molar-refractivity contribution in [1.29, 1.82) is 0 Å². The molecule has 1 heterocycles. The normalized spacial score (nSPS) is 21.7. The molecule has 0 bridgehead atoms. The summed E-state index contributed by atoms with van der Waals surface area (Å²) in [5, 5.41) is 4.44. The highest BCUT2D eigenvalue weighted by Crippen LogP contribution is 2.43. The predicted molar refractivity (Wildman–Crippen MR) is 104 cm³/mol. The van der Waals surface area contributed by atoms with Crippen LogP contribution < -0.4 is 5.32 Å². The molecule has 27 heavy (non-hydrogen) atoms. The zero-order chi connectivity index (χ0) is 19.0. The van der Waals surface area contributed by atoms with Crippen molar-refractivity contribution < 1.29 is 8.78 Å². The third-order valence-corrected chi connectivity index (χ3v) is 6.45. The van der Waals surface area contributed by atoms with Crippen molar-refractivity contribution in [2.24, 2.45) is 4.99 Å². The van der Waals surface area contributed by atoms with Gasteiger partial charge in [0.05, 0.1) is 12.2 Å². The van der Waals surface area contributed by atoms with Crippen LogP contribution >= 0.6 is 11.3 Å². The molecule has 2 aromatic rings. The summed E-state index contributed by atoms with van der Waals surface area (Å²) in [5.74, 6) is -0.363. The molecule has 2 unspecified atom stereocenters. The quantitative estimate of drug-likeness (QED) is 0.637. The Hall–Kier alpha value is -2.02. The summed E-state index contributed by atoms with van der Waals surface area (Å²) in [6.45, 7) is 0.683. The number of thiazole rings is 1. The van der Waals surface area contributed by atoms with Gasteiger partial charge in [-0.15, -0.1) is 11.3 Å². The zero-order valence-electron chi connectivity index (χ0n) is 15.6. The van der Waals surface area contributed by atoms with E-state index in [9.17, 15) is 8.78 Å². The van der Waals surface area contributed by atoms with E-state index < -0.39 is 11.6 Å². The van der Waals surface area contributed by atoms with Gasteiger partial charge in [0, 0.05) is 36.5 Å². The molecule has 4 nitrogen and oxygen atoms in total. The fourth-order valence-electron chi connectivity index (χ4n) is 3.80. The standard InChI is InChI=1S/C20H24F2N4S/c1-23-20(25-16-10-12(16)19-13(21)6-5-7-14(19)22)26(2)11-18-24-15-8-3-4-9-17(15)27-18/h5-7,12,16H,3-4,8-11H2,1-2H3,(H,23,25). The molecule has 1 fully saturated rings. The monoisotopic (exact) mass is 390 g/mol. The summed E-state index contributed by atoms with van der Waals surface area (Å²) < 4.78 is 28.0. The van der Waals surface area contributed by atoms with Gasteiger partial charge < -0.3 is 10.2 Å². The van der Waals surface area contributed by atoms with Crippen LogP contribution in [0, 0.1) is 11.6 Å². The highest BCUT2D eigenvalue weighted by Gasteiger charge is 2.42. The number of benzene rings is 1. The Balaban J connectivity index is 1.39. The maximum absolute atomic E-state index is 14.0. The van der Waals surface area contributed by atoms with Crippen LogP contribution in [0.5, 0.6) is 0 Å². The molecular weight excluding hydrogens is 366 g/mol. The van der Waals surface area contributed by atoms with Crippen molar-refractivity contribution in [3.05, 3.63) is 51.0 Å². The molecule has 1 aromatic carbocycles. The Kier molecular flexibility index (Phi) is 5.12. The SMILES string of the molecule is CN=C(NC1CC1c1c(F)cccc1F)N(C)Cc1nc2c(s1)CCCC2. The van der Waals surface area contributed by atoms with E-state index in [4.69, 9.17) is 4.98 Å². The Morgan fingerprint density at radius 2 is 2.04 bits per heavy atom. The van der Waals surface area contributed by atoms with Crippen LogP contribution in [0.25, 0.3) is 0 Å². The second-order valence-electron chi connectivity index (χ2n) is 7.32. The number of nitrogens with one attached hydrogen (secondary N) is 1. The van der Waals surface area contributed by atoms with E-state index in [2.05, 4.69) is 10.3 Å². The maximum atomic E-state index is 14.0. The van der Waals surface area contributed by atoms with Gasteiger partial charge in [-0.25, -0.2) is 13.8 Å². The second-order valence-corrected chi connectivity index (χ2v) is 8.48. The van der Waals surface area contributed by atoms with Gasteiger partial charge in [-0.3, -0.25) is 4.99 Å². The second kappa shape index (κ2) is 7.54. The molecule has 1 N–H and O–H groups in total. The molecule has 2 atom stereocenters. The van der Waals surface area contributed by atoms with Gasteiger partial charge >= 0.3 is 0 Å². The van der Waals surface area contributed by atoms with Gasteiger partial charge in [-0.1, -0.05) is 6.07 Å². The summed E-state index contributed by atoms with van der Waals surface area (Å²) in [7, 11) is 3.70. The van der Waals surface area contributed by atoms with Crippen molar-refractivity contribution in [3.8, 4) is 0 Å². The molecule has 0 saturated heterocycles. The fourth-order valence-corrected chi connectivity index (χ4v) is 5.01. The van der Waals surface area contributed by atoms with Crippen LogP contribution in [0.1, 0.15) is 46.3 Å². The first-order chi connectivity index (χ1) is 13.1. The Morgan fingerprint density at radius 3 is 2.74 bits per heavy atom. The number of aryl methyl sites for hydroxylation is 2. The van der Waals surface area contributed by atoms with Crippen LogP contribution in [-0.4, -0.2) is 36.0 Å². The van der Waals surface area contributed by atoms with Crippen LogP contribution in [-0.2, 0) is 19.4 Å². The van der Waals surface area contributed by atoms with Crippen LogP contribution in [0.4, 0.5) is 8.78 Å². The zero-order valence-corrected chi connectivity index (χ0v) is 16.5. The number of rotatable bonds is 4. The number of fused-ring (bicyclic) bond motifs is 1. The van der Waals surface area contributed by atoms with E-state index in [1.165, 1.54) is 41.6 Å². The molecule has 2 aliphatic rings. The summed E-state index contributed by atoms with van der Waals surface area (Å²) >= 11 is 1.79. The van der Waals surface area contributed by atoms with Gasteiger partial charge in [0.25, 0.3) is 0 Å². The smallest absolute Gasteiger partial charge is 0.194 e. The highest BCUT2D eigenvalue weighted by atomic mass is 32.1. The van der Waals surface area contributed by atoms with E-state index in [1.807, 2.05) is 11.9 Å². The lowest BCUT2D eigenvalue weighted by Crippen LogP contribution is -2.40. The lowest BCUT2D eigenvalue weighted by Gasteiger charge is -2.21. The van der Waals surface area contributed by atoms with Gasteiger partial charge in [0.15, 0.2) is 5.96 Å². The van der Waals surface area contributed by atoms with Crippen LogP contribution in [0.3, 0.4) is 0 Å². The maximum Gasteiger partial charge on any atom is 0.194 e. The first-order valence-electron chi connectivity index (χ1n) is 9.42. The average Bonchev–Trinajstić information content (AvgIpc) is 3.27. The summed E-state index contributed by atoms with van der Waals surface area (Å²) in [4.78, 5) is 12.6. The molecule has 1 saturated carbocycles. The fraction of sp³-hybridized carbons (Fsp3) is 0.500. The Bertz CT molecular complexity index is 820. The number of halogens is 2. The molecular formula is C20H24F2N4S. The predicted octanol–water partition coefficient (Wildman–Crippen LogP) is 3.86. The molecule has 2 aliphatic carbocycles. The molecule has 7 heteroatoms. The van der Waals surface area contributed by atoms with Crippen molar-refractivity contribution in [3.63, 3.8) is 0 Å². The van der Waals surface area contributed by atoms with Crippen molar-refractivity contribution in [2.45, 2.75) is 50.6 Å². The van der Waals surface area contributed by atoms with Gasteiger partial charge in [-0.05, 0) is 44.2 Å². The minimum absolute atomic E-state index is 0.00190. The van der Waals surface area contributed by atoms with Crippen molar-refractivity contribution in [2.75, 3.05) is 14.1 Å². The molecule has 0 amide bonds. The minimum Gasteiger partial charge on any atom is -0.353 e. The highest BCUT2D eigenvalue weighted by molar-refractivity contribution is 7.11. The van der Waals surface area contributed by atoms with Crippen molar-refractivity contribution in [1.82, 2.24) is 15.2 Å². The van der Waals surface area contributed by atoms with Crippen LogP contribution in [0.15, 0.2) is 23.2 Å². The van der Waals surface area contributed by atoms with Gasteiger partial charge in [-0.2, -0.15) is 0 Å². The largest absolute Gasteiger partial charge is 0.353 e. The summed E-state index contributed by atoms with van der Waals surface area (Å²) in [6, 6.07) is 4.04. The molecule has 0 radical (unpaired) electrons. The summed E-state index contributed by atoms with van der Waals surface area (Å²) in [5.41, 5.74) is 1.44. The Labute approximate surface area is 162 Å². The lowest BCUT2D eigenvalue weighted by atomic mass is 10.0. The molecule has 0 spiro atoms. The van der Waals surface area contributed by atoms with Crippen LogP contribution in [0.2, 0.25) is 0 Å². The van der Waals surface area contributed by atoms with E-state index in [1.54, 1.807) is 18.4 Å². The first-order valence-corrected chi connectivity index (χ1v) is 10.2. The number of aromatic nitrogens is 1. The number of aliphatic imine (C=N–C) groups is 1. The average molecular weight is 391 g/mol. The molecule has 0 aliphatic heterocycles.